The molecule has 0 spiro atoms. The Morgan fingerprint density at radius 2 is 2.43 bits per heavy atom. The van der Waals surface area contributed by atoms with Crippen molar-refractivity contribution < 1.29 is 25.4 Å². The molecule has 0 heterocycles. The zero-order valence-corrected chi connectivity index (χ0v) is 7.57. The van der Waals surface area contributed by atoms with Gasteiger partial charge in [-0.15, -0.1) is 0 Å². The van der Waals surface area contributed by atoms with E-state index in [2.05, 4.69) is 3.56 Å². The summed E-state index contributed by atoms with van der Waals surface area (Å²) in [4.78, 5) is 10.0. The third-order valence-corrected chi connectivity index (χ3v) is 2.36. The van der Waals surface area contributed by atoms with Gasteiger partial charge in [0.25, 0.3) is 0 Å². The van der Waals surface area contributed by atoms with Crippen molar-refractivity contribution in [3.8, 4) is 0 Å². The molecule has 0 atom stereocenters. The van der Waals surface area contributed by atoms with E-state index in [1.54, 1.807) is 0 Å². The third-order valence-electron chi connectivity index (χ3n) is 0.453. The summed E-state index contributed by atoms with van der Waals surface area (Å²) in [5.74, 6) is -0.141. The second-order valence-corrected chi connectivity index (χ2v) is 4.23. The molecule has 0 aromatic rings. The predicted octanol–water partition coefficient (Wildman–Crippen LogP) is 0.369. The molecule has 7 heavy (non-hydrogen) atoms. The zero-order chi connectivity index (χ0) is 5.70. The normalized spacial score (nSPS) is 8.29. The number of carbonyl (C=O) groups excluding carboxylic acids is 1. The van der Waals surface area contributed by atoms with E-state index >= 15 is 0 Å². The van der Waals surface area contributed by atoms with Crippen LogP contribution in [0.25, 0.3) is 0 Å². The Morgan fingerprint density at radius 3 is 2.57 bits per heavy atom. The van der Waals surface area contributed by atoms with Crippen LogP contribution >= 0.6 is 0 Å². The molecular formula is C4H7O2Zn. The van der Waals surface area contributed by atoms with Crippen molar-refractivity contribution in [1.82, 2.24) is 0 Å². The first-order valence-corrected chi connectivity index (χ1v) is 5.11. The van der Waals surface area contributed by atoms with Crippen molar-refractivity contribution in [3.63, 3.8) is 0 Å². The van der Waals surface area contributed by atoms with Crippen molar-refractivity contribution in [3.05, 3.63) is 0 Å². The van der Waals surface area contributed by atoms with Crippen molar-refractivity contribution >= 4 is 10.6 Å². The summed E-state index contributed by atoms with van der Waals surface area (Å²) in [6.45, 7) is 3.36. The molecule has 0 N–H and O–H groups in total. The molecule has 2 nitrogen and oxygen atoms in total. The van der Waals surface area contributed by atoms with Crippen molar-refractivity contribution in [1.29, 1.82) is 0 Å². The quantitative estimate of drug-likeness (QED) is 0.508. The molecular weight excluding hydrogens is 145 g/mol. The fourth-order valence-electron chi connectivity index (χ4n) is 0.201. The molecule has 0 radical (unpaired) electrons. The number of hydrogen-bond acceptors (Lipinski definition) is 2. The Morgan fingerprint density at radius 1 is 1.86 bits per heavy atom. The Hall–Kier alpha value is -0.0366. The van der Waals surface area contributed by atoms with Crippen LogP contribution < -0.4 is 0 Å². The molecule has 0 fully saturated rings. The molecule has 0 aromatic carbocycles. The van der Waals surface area contributed by atoms with E-state index in [9.17, 15) is 4.79 Å². The molecule has 0 aliphatic carbocycles. The van der Waals surface area contributed by atoms with Crippen LogP contribution in [0.1, 0.15) is 13.8 Å². The summed E-state index contributed by atoms with van der Waals surface area (Å²) in [5.41, 5.74) is 0. The van der Waals surface area contributed by atoms with Crippen LogP contribution in [0, 0.1) is 0 Å². The van der Waals surface area contributed by atoms with Gasteiger partial charge in [-0.1, -0.05) is 0 Å². The SMILES string of the molecule is C[CH]=[Zn][O]C(C)=O. The zero-order valence-electron chi connectivity index (χ0n) is 4.60. The molecule has 0 saturated heterocycles. The molecule has 0 aliphatic rings. The average Bonchev–Trinajstić information content (AvgIpc) is 1.61. The van der Waals surface area contributed by atoms with Gasteiger partial charge >= 0.3 is 49.8 Å². The maximum atomic E-state index is 10.0. The van der Waals surface area contributed by atoms with Gasteiger partial charge in [0.15, 0.2) is 0 Å². The third kappa shape index (κ3) is 5.96. The molecule has 0 unspecified atom stereocenters. The molecule has 0 aliphatic heterocycles. The van der Waals surface area contributed by atoms with Crippen LogP contribution in [0.4, 0.5) is 0 Å². The van der Waals surface area contributed by atoms with Crippen LogP contribution in [0.2, 0.25) is 0 Å². The van der Waals surface area contributed by atoms with Gasteiger partial charge in [0.2, 0.25) is 0 Å². The summed E-state index contributed by atoms with van der Waals surface area (Å²) in [5, 5.41) is 0. The van der Waals surface area contributed by atoms with E-state index in [0.717, 1.165) is 0 Å². The number of hydrogen-bond donors (Lipinski definition) is 0. The van der Waals surface area contributed by atoms with Crippen molar-refractivity contribution in [2.24, 2.45) is 0 Å². The first-order valence-electron chi connectivity index (χ1n) is 2.18. The average molecular weight is 152 g/mol. The summed E-state index contributed by atoms with van der Waals surface area (Å²) in [6.07, 6.45) is 0. The van der Waals surface area contributed by atoms with Gasteiger partial charge < -0.3 is 0 Å². The van der Waals surface area contributed by atoms with Gasteiger partial charge in [0.05, 0.1) is 0 Å². The van der Waals surface area contributed by atoms with E-state index in [0.29, 0.717) is 0 Å². The van der Waals surface area contributed by atoms with E-state index in [-0.39, 0.29) is 5.97 Å². The summed E-state index contributed by atoms with van der Waals surface area (Å²) in [6, 6.07) is 0. The Bertz CT molecular complexity index is 87.7. The van der Waals surface area contributed by atoms with Crippen LogP contribution in [-0.4, -0.2) is 10.6 Å². The van der Waals surface area contributed by atoms with Crippen molar-refractivity contribution in [2.75, 3.05) is 0 Å². The van der Waals surface area contributed by atoms with Gasteiger partial charge in [0, 0.05) is 0 Å². The summed E-state index contributed by atoms with van der Waals surface area (Å²) in [7, 11) is 0. The first kappa shape index (κ1) is 6.96. The van der Waals surface area contributed by atoms with Crippen LogP contribution in [0.15, 0.2) is 0 Å². The summed E-state index contributed by atoms with van der Waals surface area (Å²) >= 11 is -0.959. The molecule has 3 heteroatoms. The Balaban J connectivity index is 3.14. The van der Waals surface area contributed by atoms with E-state index in [1.807, 2.05) is 11.5 Å². The predicted molar refractivity (Wildman–Crippen MR) is 23.5 cm³/mol. The number of carbonyl (C=O) groups is 1. The Labute approximate surface area is 50.4 Å². The van der Waals surface area contributed by atoms with Crippen LogP contribution in [0.5, 0.6) is 0 Å². The fraction of sp³-hybridized carbons (Fsp3) is 0.500. The molecule has 0 saturated carbocycles. The fourth-order valence-corrected chi connectivity index (χ4v) is 1.04. The second kappa shape index (κ2) is 4.13. The topological polar surface area (TPSA) is 26.3 Å². The molecule has 0 rings (SSSR count). The van der Waals surface area contributed by atoms with Gasteiger partial charge in [-0.2, -0.15) is 0 Å². The van der Waals surface area contributed by atoms with E-state index in [4.69, 9.17) is 0 Å². The molecule has 0 bridgehead atoms. The first-order chi connectivity index (χ1) is 3.27. The maximum absolute atomic E-state index is 10.0. The minimum atomic E-state index is -0.959. The van der Waals surface area contributed by atoms with Gasteiger partial charge in [-0.25, -0.2) is 0 Å². The van der Waals surface area contributed by atoms with Gasteiger partial charge in [-0.05, 0) is 0 Å². The molecule has 37 valence electrons. The monoisotopic (exact) mass is 151 g/mol. The standard InChI is InChI=1S/C2H4O2.C2H4.Zn/c1-2(3)4;1-2;/h1H3,(H,3,4);1H,2H3;/q;;+1/p-1. The van der Waals surface area contributed by atoms with E-state index in [1.165, 1.54) is 6.92 Å². The van der Waals surface area contributed by atoms with Gasteiger partial charge in [0.1, 0.15) is 0 Å². The van der Waals surface area contributed by atoms with Crippen molar-refractivity contribution in [2.45, 2.75) is 13.8 Å². The number of rotatable bonds is 1. The minimum absolute atomic E-state index is 0.141. The Kier molecular flexibility index (Phi) is 4.11. The van der Waals surface area contributed by atoms with Crippen LogP contribution in [0.3, 0.4) is 0 Å². The van der Waals surface area contributed by atoms with Crippen LogP contribution in [-0.2, 0) is 25.4 Å². The summed E-state index contributed by atoms with van der Waals surface area (Å²) < 4.78 is 6.65. The molecule has 0 amide bonds. The van der Waals surface area contributed by atoms with Gasteiger partial charge in [-0.3, -0.25) is 0 Å². The molecule has 0 aromatic heterocycles. The van der Waals surface area contributed by atoms with E-state index < -0.39 is 17.0 Å². The second-order valence-electron chi connectivity index (χ2n) is 1.21.